The maximum absolute atomic E-state index is 8.53. The molecule has 0 bridgehead atoms. The summed E-state index contributed by atoms with van der Waals surface area (Å²) >= 11 is 0. The first-order valence-electron chi connectivity index (χ1n) is 7.23. The smallest absolute Gasteiger partial charge is 0.188 e. The summed E-state index contributed by atoms with van der Waals surface area (Å²) in [6.45, 7) is 6.66. The molecule has 1 radical (unpaired) electrons. The molecule has 1 aliphatic rings. The Balaban J connectivity index is 0.00000324. The third-order valence-corrected chi connectivity index (χ3v) is 4.44. The fraction of sp³-hybridized carbons (Fsp3) is 0.929. The molecule has 0 heterocycles. The SMILES string of the molecule is CCC(CC)C([NH-])[C@@H]1C[C@@H](C)C[C@H]1NC(N)=NC.[Ac]. The summed E-state index contributed by atoms with van der Waals surface area (Å²) < 4.78 is 0. The molecule has 1 saturated carbocycles. The van der Waals surface area contributed by atoms with E-state index in [1.807, 2.05) is 0 Å². The largest absolute Gasteiger partial charge is 0.674 e. The van der Waals surface area contributed by atoms with E-state index >= 15 is 0 Å². The first-order valence-corrected chi connectivity index (χ1v) is 7.23. The third kappa shape index (κ3) is 5.52. The summed E-state index contributed by atoms with van der Waals surface area (Å²) in [6, 6.07) is 0.346. The molecule has 0 saturated heterocycles. The molecule has 19 heavy (non-hydrogen) atoms. The zero-order valence-corrected chi connectivity index (χ0v) is 17.6. The van der Waals surface area contributed by atoms with Crippen molar-refractivity contribution in [1.82, 2.24) is 5.32 Å². The van der Waals surface area contributed by atoms with Gasteiger partial charge in [0.25, 0.3) is 0 Å². The molecule has 109 valence electrons. The minimum absolute atomic E-state index is 0. The van der Waals surface area contributed by atoms with E-state index in [1.165, 1.54) is 0 Å². The maximum atomic E-state index is 8.53. The fourth-order valence-corrected chi connectivity index (χ4v) is 3.30. The average molecular weight is 480 g/mol. The molecule has 0 amide bonds. The number of nitrogens with zero attached hydrogens (tertiary/aromatic N) is 1. The zero-order valence-electron chi connectivity index (χ0n) is 12.8. The van der Waals surface area contributed by atoms with E-state index in [9.17, 15) is 0 Å². The van der Waals surface area contributed by atoms with Gasteiger partial charge in [-0.1, -0.05) is 39.5 Å². The van der Waals surface area contributed by atoms with Gasteiger partial charge in [0.15, 0.2) is 5.96 Å². The molecule has 1 fully saturated rings. The second kappa shape index (κ2) is 9.58. The van der Waals surface area contributed by atoms with Crippen molar-refractivity contribution in [2.45, 2.75) is 58.5 Å². The molecule has 1 aliphatic carbocycles. The van der Waals surface area contributed by atoms with Crippen LogP contribution in [0, 0.1) is 61.8 Å². The Morgan fingerprint density at radius 2 is 1.95 bits per heavy atom. The fourth-order valence-electron chi connectivity index (χ4n) is 3.30. The Hall–Kier alpha value is 0.672. The van der Waals surface area contributed by atoms with E-state index in [2.05, 4.69) is 31.1 Å². The molecule has 0 aliphatic heterocycles. The molecule has 0 aromatic rings. The van der Waals surface area contributed by atoms with Crippen LogP contribution < -0.4 is 11.1 Å². The summed E-state index contributed by atoms with van der Waals surface area (Å²) in [7, 11) is 1.70. The van der Waals surface area contributed by atoms with Gasteiger partial charge < -0.3 is 16.8 Å². The first kappa shape index (κ1) is 19.7. The maximum Gasteiger partial charge on any atom is 0.188 e. The van der Waals surface area contributed by atoms with Crippen LogP contribution in [0.4, 0.5) is 0 Å². The van der Waals surface area contributed by atoms with E-state index in [4.69, 9.17) is 11.5 Å². The number of hydrogen-bond donors (Lipinski definition) is 2. The third-order valence-electron chi connectivity index (χ3n) is 4.44. The first-order chi connectivity index (χ1) is 8.53. The van der Waals surface area contributed by atoms with Gasteiger partial charge in [-0.15, -0.1) is 6.04 Å². The molecule has 4 nitrogen and oxygen atoms in total. The number of aliphatic imine (C=N–C) groups is 1. The summed E-state index contributed by atoms with van der Waals surface area (Å²) in [5.74, 6) is 2.10. The van der Waals surface area contributed by atoms with Crippen LogP contribution in [0.2, 0.25) is 0 Å². The minimum Gasteiger partial charge on any atom is -0.674 e. The second-order valence-electron chi connectivity index (χ2n) is 5.70. The van der Waals surface area contributed by atoms with Gasteiger partial charge >= 0.3 is 0 Å². The van der Waals surface area contributed by atoms with Crippen molar-refractivity contribution >= 4 is 5.96 Å². The van der Waals surface area contributed by atoms with Crippen LogP contribution in [0.1, 0.15) is 46.5 Å². The average Bonchev–Trinajstić information content (AvgIpc) is 2.71. The molecular weight excluding hydrogens is 451 g/mol. The normalized spacial score (nSPS) is 29.2. The van der Waals surface area contributed by atoms with Gasteiger partial charge in [0.1, 0.15) is 0 Å². The summed E-state index contributed by atoms with van der Waals surface area (Å²) in [5, 5.41) is 3.30. The van der Waals surface area contributed by atoms with Crippen molar-refractivity contribution in [3.05, 3.63) is 5.73 Å². The number of nitrogens with two attached hydrogens (primary N) is 1. The Labute approximate surface area is 154 Å². The van der Waals surface area contributed by atoms with E-state index < -0.39 is 0 Å². The van der Waals surface area contributed by atoms with Gasteiger partial charge in [-0.05, 0) is 24.7 Å². The van der Waals surface area contributed by atoms with Crippen LogP contribution in [0.15, 0.2) is 4.99 Å². The van der Waals surface area contributed by atoms with Crippen molar-refractivity contribution in [3.8, 4) is 0 Å². The van der Waals surface area contributed by atoms with Crippen molar-refractivity contribution in [2.24, 2.45) is 28.5 Å². The van der Waals surface area contributed by atoms with Crippen molar-refractivity contribution in [1.29, 1.82) is 0 Å². The molecular formula is C14H29AcN4-. The topological polar surface area (TPSA) is 74.2 Å². The van der Waals surface area contributed by atoms with E-state index in [0.29, 0.717) is 29.8 Å². The molecule has 4 atom stereocenters. The van der Waals surface area contributed by atoms with Crippen LogP contribution in [-0.4, -0.2) is 25.1 Å². The molecule has 5 heteroatoms. The Morgan fingerprint density at radius 1 is 1.37 bits per heavy atom. The van der Waals surface area contributed by atoms with Gasteiger partial charge in [-0.25, -0.2) is 0 Å². The van der Waals surface area contributed by atoms with Gasteiger partial charge in [0, 0.05) is 57.2 Å². The zero-order chi connectivity index (χ0) is 13.7. The van der Waals surface area contributed by atoms with Gasteiger partial charge in [0.05, 0.1) is 0 Å². The molecule has 0 aromatic carbocycles. The van der Waals surface area contributed by atoms with Crippen LogP contribution in [0.25, 0.3) is 5.73 Å². The molecule has 4 N–H and O–H groups in total. The predicted molar refractivity (Wildman–Crippen MR) is 78.5 cm³/mol. The van der Waals surface area contributed by atoms with E-state index in [0.717, 1.165) is 25.7 Å². The summed E-state index contributed by atoms with van der Waals surface area (Å²) in [6.07, 6.45) is 4.44. The van der Waals surface area contributed by atoms with Crippen molar-refractivity contribution in [2.75, 3.05) is 7.05 Å². The number of rotatable bonds is 5. The van der Waals surface area contributed by atoms with Crippen LogP contribution in [0.5, 0.6) is 0 Å². The Morgan fingerprint density at radius 3 is 2.42 bits per heavy atom. The van der Waals surface area contributed by atoms with Gasteiger partial charge in [-0.2, -0.15) is 0 Å². The van der Waals surface area contributed by atoms with Crippen LogP contribution in [-0.2, 0) is 0 Å². The number of nitrogens with one attached hydrogen (secondary N) is 2. The van der Waals surface area contributed by atoms with E-state index in [-0.39, 0.29) is 50.1 Å². The van der Waals surface area contributed by atoms with Crippen LogP contribution >= 0.6 is 0 Å². The van der Waals surface area contributed by atoms with Gasteiger partial charge in [-0.3, -0.25) is 4.99 Å². The Kier molecular flexibility index (Phi) is 9.92. The van der Waals surface area contributed by atoms with Crippen molar-refractivity contribution in [3.63, 3.8) is 0 Å². The predicted octanol–water partition coefficient (Wildman–Crippen LogP) is 2.79. The van der Waals surface area contributed by atoms with Gasteiger partial charge in [0.2, 0.25) is 0 Å². The quantitative estimate of drug-likeness (QED) is 0.469. The molecule has 0 spiro atoms. The Bertz CT molecular complexity index is 279. The molecule has 0 aromatic heterocycles. The minimum atomic E-state index is 0. The number of guanidine groups is 1. The van der Waals surface area contributed by atoms with Crippen LogP contribution in [0.3, 0.4) is 0 Å². The number of hydrogen-bond acceptors (Lipinski definition) is 1. The second-order valence-corrected chi connectivity index (χ2v) is 5.70. The van der Waals surface area contributed by atoms with Crippen molar-refractivity contribution < 1.29 is 44.1 Å². The summed E-state index contributed by atoms with van der Waals surface area (Å²) in [4.78, 5) is 3.98. The standard InChI is InChI=1S/C14H29N4.Ac/c1-5-10(6-2)13(15)11-7-9(3)8-12(11)18-14(16)17-4;/h9-13,15H,5-8H2,1-4H3,(H3,16,17,18);/q-1;/t9-,11-,12-,13?;/m1./s1. The monoisotopic (exact) mass is 480 g/mol. The molecule has 1 rings (SSSR count). The molecule has 1 unspecified atom stereocenters. The van der Waals surface area contributed by atoms with E-state index in [1.54, 1.807) is 7.05 Å². The summed E-state index contributed by atoms with van der Waals surface area (Å²) in [5.41, 5.74) is 14.3.